The first-order valence-corrected chi connectivity index (χ1v) is 23.1. The monoisotopic (exact) mass is 896 g/mol. The van der Waals surface area contributed by atoms with Crippen molar-refractivity contribution in [2.24, 2.45) is 19.2 Å². The Labute approximate surface area is 397 Å². The molecule has 0 bridgehead atoms. The molecule has 0 saturated heterocycles. The summed E-state index contributed by atoms with van der Waals surface area (Å²) in [6.45, 7) is 0. The lowest BCUT2D eigenvalue weighted by Crippen LogP contribution is -2.32. The molecule has 0 radical (unpaired) electrons. The molecule has 1 aliphatic heterocycles. The van der Waals surface area contributed by atoms with Gasteiger partial charge >= 0.3 is 0 Å². The molecule has 69 heavy (non-hydrogen) atoms. The molecule has 2 aliphatic carbocycles. The third kappa shape index (κ3) is 6.29. The van der Waals surface area contributed by atoms with Gasteiger partial charge in [0.2, 0.25) is 0 Å². The Balaban J connectivity index is 0.975. The number of hydrogen-bond acceptors (Lipinski definition) is 9. The molecule has 12 heteroatoms. The SMILES string of the molecule is CN/N=C1\C(=N)C(c2ccc3c(c2)c2ccccc2n3-c2ccccc2)=CC=C1N(c1cccc2nn(C)nc12)c1ccc(-c2ccc3c(c2)C2C=CC=CC2N3c2ccccc2)c2nn(C)nc12. The van der Waals surface area contributed by atoms with Gasteiger partial charge in [-0.25, -0.2) is 0 Å². The van der Waals surface area contributed by atoms with Gasteiger partial charge in [0, 0.05) is 66.0 Å². The van der Waals surface area contributed by atoms with E-state index in [1.54, 1.807) is 16.6 Å². The van der Waals surface area contributed by atoms with Crippen LogP contribution in [0.5, 0.6) is 0 Å². The van der Waals surface area contributed by atoms with E-state index in [0.717, 1.165) is 72.2 Å². The number of aromatic nitrogens is 7. The highest BCUT2D eigenvalue weighted by Crippen LogP contribution is 2.50. The average molecular weight is 897 g/mol. The Kier molecular flexibility index (Phi) is 9.16. The maximum absolute atomic E-state index is 9.99. The number of anilines is 4. The Hall–Kier alpha value is -9.16. The fourth-order valence-corrected chi connectivity index (χ4v) is 10.7. The molecule has 332 valence electrons. The maximum atomic E-state index is 9.99. The summed E-state index contributed by atoms with van der Waals surface area (Å²) < 4.78 is 2.30. The van der Waals surface area contributed by atoms with E-state index in [0.29, 0.717) is 22.4 Å². The van der Waals surface area contributed by atoms with Crippen molar-refractivity contribution in [2.75, 3.05) is 16.8 Å². The van der Waals surface area contributed by atoms with Crippen molar-refractivity contribution in [1.29, 1.82) is 5.41 Å². The van der Waals surface area contributed by atoms with Gasteiger partial charge in [0.1, 0.15) is 27.8 Å². The average Bonchev–Trinajstić information content (AvgIpc) is 4.15. The Morgan fingerprint density at radius 2 is 1.32 bits per heavy atom. The zero-order valence-electron chi connectivity index (χ0n) is 38.0. The second-order valence-electron chi connectivity index (χ2n) is 17.6. The lowest BCUT2D eigenvalue weighted by atomic mass is 9.89. The van der Waals surface area contributed by atoms with E-state index in [1.807, 2.05) is 50.5 Å². The predicted octanol–water partition coefficient (Wildman–Crippen LogP) is 11.5. The number of hydrazone groups is 1. The van der Waals surface area contributed by atoms with Gasteiger partial charge in [-0.3, -0.25) is 5.41 Å². The minimum atomic E-state index is 0.175. The summed E-state index contributed by atoms with van der Waals surface area (Å²) in [5.41, 5.74) is 19.4. The summed E-state index contributed by atoms with van der Waals surface area (Å²) in [6, 6.07) is 53.2. The summed E-state index contributed by atoms with van der Waals surface area (Å²) in [4.78, 5) is 7.77. The van der Waals surface area contributed by atoms with Crippen LogP contribution in [-0.4, -0.2) is 59.1 Å². The van der Waals surface area contributed by atoms with Crippen LogP contribution in [0.25, 0.3) is 66.3 Å². The molecule has 7 aromatic carbocycles. The number of aryl methyl sites for hydroxylation is 2. The van der Waals surface area contributed by atoms with Crippen molar-refractivity contribution < 1.29 is 0 Å². The first-order chi connectivity index (χ1) is 33.9. The Bertz CT molecular complexity index is 3900. The number of benzene rings is 7. The summed E-state index contributed by atoms with van der Waals surface area (Å²) in [5, 5.41) is 36.8. The lowest BCUT2D eigenvalue weighted by molar-refractivity contribution is 0.665. The molecular formula is C57H44N12. The standard InChI is InChI=1S/C57H44N12/c1-59-60-56-51(31-27-39(53(56)58)35-25-29-48-43(33-35)41-19-10-12-22-46(41)67(48)37-15-6-4-7-16-37)69(50-24-14-21-45-55(50)63-65(2)61-45)52-32-28-40(54-57(52)64-66(3)62-54)36-26-30-49-44(34-36)42-20-11-13-23-47(42)68(49)38-17-8-5-9-18-38/h4-34,42,47,58-59H,1-3H3/b58-53?,60-56-. The quantitative estimate of drug-likeness (QED) is 0.115. The van der Waals surface area contributed by atoms with Gasteiger partial charge < -0.3 is 19.8 Å². The van der Waals surface area contributed by atoms with E-state index in [4.69, 9.17) is 25.5 Å². The number of para-hydroxylation sites is 3. The van der Waals surface area contributed by atoms with E-state index >= 15 is 0 Å². The van der Waals surface area contributed by atoms with E-state index in [1.165, 1.54) is 16.9 Å². The van der Waals surface area contributed by atoms with Crippen molar-refractivity contribution in [3.8, 4) is 16.8 Å². The van der Waals surface area contributed by atoms with Gasteiger partial charge in [0.05, 0.1) is 39.9 Å². The largest absolute Gasteiger partial charge is 0.333 e. The van der Waals surface area contributed by atoms with Gasteiger partial charge in [-0.05, 0) is 108 Å². The Morgan fingerprint density at radius 1 is 0.609 bits per heavy atom. The highest BCUT2D eigenvalue weighted by molar-refractivity contribution is 6.62. The van der Waals surface area contributed by atoms with E-state index in [-0.39, 0.29) is 17.7 Å². The number of allylic oxidation sites excluding steroid dienone is 6. The highest BCUT2D eigenvalue weighted by atomic mass is 15.5. The molecule has 10 aromatic rings. The molecule has 12 nitrogen and oxygen atoms in total. The predicted molar refractivity (Wildman–Crippen MR) is 279 cm³/mol. The minimum absolute atomic E-state index is 0.175. The van der Waals surface area contributed by atoms with Crippen LogP contribution < -0.4 is 15.2 Å². The summed E-state index contributed by atoms with van der Waals surface area (Å²) in [5.74, 6) is 0.192. The van der Waals surface area contributed by atoms with E-state index in [2.05, 4.69) is 171 Å². The summed E-state index contributed by atoms with van der Waals surface area (Å²) in [6.07, 6.45) is 13.0. The molecule has 3 aromatic heterocycles. The molecule has 0 spiro atoms. The zero-order valence-corrected chi connectivity index (χ0v) is 38.0. The van der Waals surface area contributed by atoms with E-state index in [9.17, 15) is 5.41 Å². The summed E-state index contributed by atoms with van der Waals surface area (Å²) in [7, 11) is 5.45. The number of hydrogen-bond donors (Lipinski definition) is 2. The zero-order chi connectivity index (χ0) is 46.3. The van der Waals surface area contributed by atoms with Gasteiger partial charge in [-0.15, -0.1) is 0 Å². The lowest BCUT2D eigenvalue weighted by Gasteiger charge is -2.31. The molecule has 2 atom stereocenters. The smallest absolute Gasteiger partial charge is 0.137 e. The fraction of sp³-hybridized carbons (Fsp3) is 0.0877. The second-order valence-corrected chi connectivity index (χ2v) is 17.6. The van der Waals surface area contributed by atoms with Crippen LogP contribution in [0, 0.1) is 5.41 Å². The first kappa shape index (κ1) is 40.1. The van der Waals surface area contributed by atoms with Crippen LogP contribution in [-0.2, 0) is 14.1 Å². The van der Waals surface area contributed by atoms with Crippen molar-refractivity contribution in [1.82, 2.24) is 40.0 Å². The van der Waals surface area contributed by atoms with Crippen LogP contribution >= 0.6 is 0 Å². The highest BCUT2D eigenvalue weighted by Gasteiger charge is 2.38. The molecule has 0 saturated carbocycles. The number of nitrogens with one attached hydrogen (secondary N) is 2. The van der Waals surface area contributed by atoms with Crippen molar-refractivity contribution >= 4 is 83.6 Å². The van der Waals surface area contributed by atoms with Crippen LogP contribution in [0.1, 0.15) is 17.0 Å². The van der Waals surface area contributed by atoms with Gasteiger partial charge in [-0.2, -0.15) is 35.1 Å². The Morgan fingerprint density at radius 3 is 2.16 bits per heavy atom. The topological polar surface area (TPSA) is 121 Å². The molecule has 2 N–H and O–H groups in total. The third-order valence-electron chi connectivity index (χ3n) is 13.6. The minimum Gasteiger partial charge on any atom is -0.333 e. The van der Waals surface area contributed by atoms with E-state index < -0.39 is 0 Å². The number of nitrogens with zero attached hydrogens (tertiary/aromatic N) is 10. The fourth-order valence-electron chi connectivity index (χ4n) is 10.7. The van der Waals surface area contributed by atoms with Crippen molar-refractivity contribution in [2.45, 2.75) is 12.0 Å². The van der Waals surface area contributed by atoms with Gasteiger partial charge in [0.25, 0.3) is 0 Å². The molecule has 2 unspecified atom stereocenters. The third-order valence-corrected chi connectivity index (χ3v) is 13.6. The van der Waals surface area contributed by atoms with Gasteiger partial charge in [-0.1, -0.05) is 97.1 Å². The van der Waals surface area contributed by atoms with Crippen LogP contribution in [0.4, 0.5) is 22.7 Å². The second kappa shape index (κ2) is 15.7. The molecular weight excluding hydrogens is 853 g/mol. The van der Waals surface area contributed by atoms with Crippen molar-refractivity contribution in [3.05, 3.63) is 205 Å². The van der Waals surface area contributed by atoms with Gasteiger partial charge in [0.15, 0.2) is 0 Å². The van der Waals surface area contributed by atoms with Crippen LogP contribution in [0.2, 0.25) is 0 Å². The molecule has 13 rings (SSSR count). The normalized spacial score (nSPS) is 17.0. The summed E-state index contributed by atoms with van der Waals surface area (Å²) >= 11 is 0. The molecule has 3 aliphatic rings. The first-order valence-electron chi connectivity index (χ1n) is 23.1. The van der Waals surface area contributed by atoms with Crippen LogP contribution in [0.15, 0.2) is 199 Å². The van der Waals surface area contributed by atoms with Crippen molar-refractivity contribution in [3.63, 3.8) is 0 Å². The number of rotatable bonds is 8. The number of fused-ring (bicyclic) bond motifs is 8. The van der Waals surface area contributed by atoms with Crippen LogP contribution in [0.3, 0.4) is 0 Å². The maximum Gasteiger partial charge on any atom is 0.137 e. The molecule has 0 amide bonds. The molecule has 4 heterocycles. The molecule has 0 fully saturated rings.